The number of aryl methyl sites for hydroxylation is 1. The minimum atomic E-state index is 0.599. The molecule has 1 aliphatic heterocycles. The molecule has 1 aliphatic rings. The van der Waals surface area contributed by atoms with Crippen LogP contribution >= 0.6 is 11.3 Å². The van der Waals surface area contributed by atoms with Crippen LogP contribution in [0.15, 0.2) is 18.2 Å². The van der Waals surface area contributed by atoms with Gasteiger partial charge in [-0.1, -0.05) is 23.5 Å². The Morgan fingerprint density at radius 3 is 3.00 bits per heavy atom. The Kier molecular flexibility index (Phi) is 3.02. The maximum absolute atomic E-state index is 5.65. The number of aromatic nitrogens is 2. The van der Waals surface area contributed by atoms with E-state index in [1.807, 2.05) is 25.1 Å². The summed E-state index contributed by atoms with van der Waals surface area (Å²) in [5.74, 6) is 1.64. The summed E-state index contributed by atoms with van der Waals surface area (Å²) in [6.45, 7) is 3.80. The molecule has 0 amide bonds. The van der Waals surface area contributed by atoms with Crippen molar-refractivity contribution < 1.29 is 9.47 Å². The van der Waals surface area contributed by atoms with Gasteiger partial charge in [0.2, 0.25) is 5.13 Å². The molecule has 0 bridgehead atoms. The third kappa shape index (κ3) is 2.24. The molecule has 1 N–H and O–H groups in total. The third-order valence-corrected chi connectivity index (χ3v) is 3.40. The molecule has 6 heteroatoms. The second-order valence-electron chi connectivity index (χ2n) is 3.92. The number of nitrogens with zero attached hydrogens (tertiary/aromatic N) is 2. The van der Waals surface area contributed by atoms with E-state index in [4.69, 9.17) is 9.47 Å². The highest BCUT2D eigenvalue weighted by molar-refractivity contribution is 7.15. The summed E-state index contributed by atoms with van der Waals surface area (Å²) in [6.07, 6.45) is 0. The second-order valence-corrected chi connectivity index (χ2v) is 5.10. The number of ether oxygens (including phenoxy) is 2. The molecule has 0 atom stereocenters. The van der Waals surface area contributed by atoms with Gasteiger partial charge in [0, 0.05) is 12.1 Å². The van der Waals surface area contributed by atoms with Gasteiger partial charge in [0.1, 0.15) is 18.2 Å². The van der Waals surface area contributed by atoms with Gasteiger partial charge in [-0.3, -0.25) is 0 Å². The lowest BCUT2D eigenvalue weighted by Gasteiger charge is -2.20. The molecule has 1 aromatic heterocycles. The van der Waals surface area contributed by atoms with Crippen LogP contribution in [0.2, 0.25) is 0 Å². The molecule has 5 nitrogen and oxygen atoms in total. The summed E-state index contributed by atoms with van der Waals surface area (Å²) >= 11 is 1.54. The van der Waals surface area contributed by atoms with E-state index in [2.05, 4.69) is 15.5 Å². The lowest BCUT2D eigenvalue weighted by molar-refractivity contribution is 0.170. The van der Waals surface area contributed by atoms with Gasteiger partial charge in [0.05, 0.1) is 0 Å². The molecule has 0 saturated heterocycles. The molecule has 0 fully saturated rings. The van der Waals surface area contributed by atoms with Crippen LogP contribution < -0.4 is 14.8 Å². The van der Waals surface area contributed by atoms with Crippen LogP contribution in [0.1, 0.15) is 10.6 Å². The first-order chi connectivity index (χ1) is 8.83. The van der Waals surface area contributed by atoms with E-state index >= 15 is 0 Å². The molecule has 0 spiro atoms. The molecule has 1 aromatic carbocycles. The molecule has 2 aromatic rings. The average molecular weight is 263 g/mol. The van der Waals surface area contributed by atoms with Gasteiger partial charge >= 0.3 is 0 Å². The van der Waals surface area contributed by atoms with Crippen LogP contribution in [0.4, 0.5) is 5.13 Å². The van der Waals surface area contributed by atoms with Crippen molar-refractivity contribution >= 4 is 16.5 Å². The largest absolute Gasteiger partial charge is 0.486 e. The quantitative estimate of drug-likeness (QED) is 0.920. The highest BCUT2D eigenvalue weighted by Gasteiger charge is 2.15. The maximum Gasteiger partial charge on any atom is 0.205 e. The van der Waals surface area contributed by atoms with Gasteiger partial charge in [-0.2, -0.15) is 0 Å². The van der Waals surface area contributed by atoms with Crippen molar-refractivity contribution in [3.05, 3.63) is 28.8 Å². The van der Waals surface area contributed by atoms with Crippen LogP contribution in [0.25, 0.3) is 0 Å². The number of hydrogen-bond donors (Lipinski definition) is 1. The zero-order valence-corrected chi connectivity index (χ0v) is 10.8. The number of rotatable bonds is 3. The fourth-order valence-electron chi connectivity index (χ4n) is 1.81. The first kappa shape index (κ1) is 11.3. The van der Waals surface area contributed by atoms with Gasteiger partial charge in [0.15, 0.2) is 11.5 Å². The summed E-state index contributed by atoms with van der Waals surface area (Å²) in [7, 11) is 0. The van der Waals surface area contributed by atoms with Crippen molar-refractivity contribution in [3.63, 3.8) is 0 Å². The van der Waals surface area contributed by atoms with E-state index < -0.39 is 0 Å². The molecular formula is C12H13N3O2S. The van der Waals surface area contributed by atoms with Crippen molar-refractivity contribution in [2.45, 2.75) is 13.5 Å². The third-order valence-electron chi connectivity index (χ3n) is 2.60. The summed E-state index contributed by atoms with van der Waals surface area (Å²) in [4.78, 5) is 0. The first-order valence-electron chi connectivity index (χ1n) is 5.74. The fourth-order valence-corrected chi connectivity index (χ4v) is 2.40. The summed E-state index contributed by atoms with van der Waals surface area (Å²) in [5.41, 5.74) is 1.07. The van der Waals surface area contributed by atoms with Gasteiger partial charge in [-0.25, -0.2) is 0 Å². The average Bonchev–Trinajstić information content (AvgIpc) is 2.82. The summed E-state index contributed by atoms with van der Waals surface area (Å²) in [5, 5.41) is 13.0. The molecule has 0 radical (unpaired) electrons. The lowest BCUT2D eigenvalue weighted by Crippen LogP contribution is -2.17. The standard InChI is InChI=1S/C12H13N3O2S/c1-8-14-15-12(18-8)13-7-9-3-2-4-10-11(9)17-6-5-16-10/h2-4H,5-7H2,1H3,(H,13,15). The van der Waals surface area contributed by atoms with Crippen LogP contribution in [-0.4, -0.2) is 23.4 Å². The second kappa shape index (κ2) is 4.81. The Morgan fingerprint density at radius 1 is 1.28 bits per heavy atom. The van der Waals surface area contributed by atoms with E-state index in [1.54, 1.807) is 0 Å². The minimum Gasteiger partial charge on any atom is -0.486 e. The van der Waals surface area contributed by atoms with E-state index in [0.29, 0.717) is 19.8 Å². The molecule has 2 heterocycles. The molecular weight excluding hydrogens is 250 g/mol. The smallest absolute Gasteiger partial charge is 0.205 e. The molecule has 18 heavy (non-hydrogen) atoms. The van der Waals surface area contributed by atoms with E-state index in [9.17, 15) is 0 Å². The van der Waals surface area contributed by atoms with Gasteiger partial charge < -0.3 is 14.8 Å². The Bertz CT molecular complexity index is 556. The van der Waals surface area contributed by atoms with E-state index in [0.717, 1.165) is 27.2 Å². The van der Waals surface area contributed by atoms with Crippen molar-refractivity contribution in [2.24, 2.45) is 0 Å². The number of nitrogens with one attached hydrogen (secondary N) is 1. The highest BCUT2D eigenvalue weighted by Crippen LogP contribution is 2.34. The SMILES string of the molecule is Cc1nnc(NCc2cccc3c2OCCO3)s1. The molecule has 3 rings (SSSR count). The number of anilines is 1. The topological polar surface area (TPSA) is 56.3 Å². The Morgan fingerprint density at radius 2 is 2.17 bits per heavy atom. The Hall–Kier alpha value is -1.82. The number of benzene rings is 1. The van der Waals surface area contributed by atoms with Crippen molar-refractivity contribution in [2.75, 3.05) is 18.5 Å². The van der Waals surface area contributed by atoms with E-state index in [1.165, 1.54) is 11.3 Å². The van der Waals surface area contributed by atoms with Gasteiger partial charge in [-0.05, 0) is 13.0 Å². The molecule has 94 valence electrons. The first-order valence-corrected chi connectivity index (χ1v) is 6.56. The summed E-state index contributed by atoms with van der Waals surface area (Å²) in [6, 6.07) is 5.91. The Labute approximate surface area is 109 Å². The zero-order chi connectivity index (χ0) is 12.4. The van der Waals surface area contributed by atoms with Crippen molar-refractivity contribution in [1.82, 2.24) is 10.2 Å². The molecule has 0 saturated carbocycles. The van der Waals surface area contributed by atoms with Crippen molar-refractivity contribution in [1.29, 1.82) is 0 Å². The van der Waals surface area contributed by atoms with Gasteiger partial charge in [-0.15, -0.1) is 10.2 Å². The zero-order valence-electron chi connectivity index (χ0n) is 9.97. The number of fused-ring (bicyclic) bond motifs is 1. The van der Waals surface area contributed by atoms with Crippen LogP contribution in [-0.2, 0) is 6.54 Å². The minimum absolute atomic E-state index is 0.599. The van der Waals surface area contributed by atoms with Crippen molar-refractivity contribution in [3.8, 4) is 11.5 Å². The monoisotopic (exact) mass is 263 g/mol. The maximum atomic E-state index is 5.65. The Balaban J connectivity index is 1.76. The lowest BCUT2D eigenvalue weighted by atomic mass is 10.2. The predicted octanol–water partition coefficient (Wildman–Crippen LogP) is 2.23. The predicted molar refractivity (Wildman–Crippen MR) is 69.4 cm³/mol. The fraction of sp³-hybridized carbons (Fsp3) is 0.333. The van der Waals surface area contributed by atoms with Crippen LogP contribution in [0.5, 0.6) is 11.5 Å². The number of hydrogen-bond acceptors (Lipinski definition) is 6. The molecule has 0 aliphatic carbocycles. The molecule has 0 unspecified atom stereocenters. The van der Waals surface area contributed by atoms with Crippen LogP contribution in [0, 0.1) is 6.92 Å². The van der Waals surface area contributed by atoms with E-state index in [-0.39, 0.29) is 0 Å². The van der Waals surface area contributed by atoms with Crippen LogP contribution in [0.3, 0.4) is 0 Å². The normalized spacial score (nSPS) is 13.4. The highest BCUT2D eigenvalue weighted by atomic mass is 32.1. The summed E-state index contributed by atoms with van der Waals surface area (Å²) < 4.78 is 11.2. The number of para-hydroxylation sites is 1. The van der Waals surface area contributed by atoms with Gasteiger partial charge in [0.25, 0.3) is 0 Å².